The molecule has 3 rings (SSSR count). The van der Waals surface area contributed by atoms with Crippen molar-refractivity contribution < 1.29 is 9.53 Å². The maximum atomic E-state index is 12.3. The Hall–Kier alpha value is -1.62. The molecule has 120 valence electrons. The zero-order chi connectivity index (χ0) is 15.4. The molecule has 0 aromatic carbocycles. The van der Waals surface area contributed by atoms with Gasteiger partial charge in [-0.15, -0.1) is 0 Å². The van der Waals surface area contributed by atoms with E-state index in [4.69, 9.17) is 4.74 Å². The third-order valence-electron chi connectivity index (χ3n) is 4.40. The van der Waals surface area contributed by atoms with Crippen molar-refractivity contribution in [1.29, 1.82) is 0 Å². The molecule has 0 radical (unpaired) electrons. The van der Waals surface area contributed by atoms with Crippen molar-refractivity contribution in [3.8, 4) is 0 Å². The van der Waals surface area contributed by atoms with Crippen LogP contribution in [-0.2, 0) is 16.1 Å². The van der Waals surface area contributed by atoms with E-state index in [2.05, 4.69) is 5.10 Å². The molecule has 0 N–H and O–H groups in total. The van der Waals surface area contributed by atoms with Gasteiger partial charge in [-0.1, -0.05) is 0 Å². The Morgan fingerprint density at radius 2 is 2.32 bits per heavy atom. The standard InChI is InChI=1S/C17H25N3O2/c1-2-20-15(9-10-18-20)7-8-17(21)19-11-3-4-16(12-19)22-13-14-5-6-14/h7-10,14,16H,2-6,11-13H2,1H3/b8-7+. The Balaban J connectivity index is 1.52. The van der Waals surface area contributed by atoms with E-state index in [0.29, 0.717) is 0 Å². The minimum atomic E-state index is 0.0728. The maximum Gasteiger partial charge on any atom is 0.246 e. The molecule has 2 heterocycles. The Bertz CT molecular complexity index is 534. The first kappa shape index (κ1) is 15.3. The highest BCUT2D eigenvalue weighted by molar-refractivity contribution is 5.91. The summed E-state index contributed by atoms with van der Waals surface area (Å²) in [5.74, 6) is 0.851. The lowest BCUT2D eigenvalue weighted by Gasteiger charge is -2.32. The fourth-order valence-corrected chi connectivity index (χ4v) is 2.84. The Labute approximate surface area is 131 Å². The summed E-state index contributed by atoms with van der Waals surface area (Å²) in [6.07, 6.45) is 10.2. The number of hydrogen-bond donors (Lipinski definition) is 0. The summed E-state index contributed by atoms with van der Waals surface area (Å²) in [6, 6.07) is 1.92. The normalized spacial score (nSPS) is 22.4. The number of piperidine rings is 1. The van der Waals surface area contributed by atoms with Crippen LogP contribution in [0.3, 0.4) is 0 Å². The van der Waals surface area contributed by atoms with Gasteiger partial charge in [0.15, 0.2) is 0 Å². The SMILES string of the molecule is CCn1nccc1/C=C/C(=O)N1CCCC(OCC2CC2)C1. The van der Waals surface area contributed by atoms with Crippen molar-refractivity contribution in [2.45, 2.75) is 45.3 Å². The summed E-state index contributed by atoms with van der Waals surface area (Å²) < 4.78 is 7.82. The number of carbonyl (C=O) groups excluding carboxylic acids is 1. The number of ether oxygens (including phenoxy) is 1. The highest BCUT2D eigenvalue weighted by Crippen LogP contribution is 2.30. The van der Waals surface area contributed by atoms with Crippen LogP contribution in [-0.4, -0.2) is 46.4 Å². The van der Waals surface area contributed by atoms with Crippen molar-refractivity contribution in [1.82, 2.24) is 14.7 Å². The summed E-state index contributed by atoms with van der Waals surface area (Å²) >= 11 is 0. The van der Waals surface area contributed by atoms with Crippen LogP contribution in [0.5, 0.6) is 0 Å². The summed E-state index contributed by atoms with van der Waals surface area (Å²) in [5, 5.41) is 4.20. The van der Waals surface area contributed by atoms with Gasteiger partial charge < -0.3 is 9.64 Å². The molecule has 22 heavy (non-hydrogen) atoms. The second-order valence-electron chi connectivity index (χ2n) is 6.23. The zero-order valence-electron chi connectivity index (χ0n) is 13.3. The van der Waals surface area contributed by atoms with Crippen LogP contribution in [0.4, 0.5) is 0 Å². The van der Waals surface area contributed by atoms with Crippen LogP contribution >= 0.6 is 0 Å². The van der Waals surface area contributed by atoms with Crippen molar-refractivity contribution >= 4 is 12.0 Å². The molecule has 1 aromatic rings. The third kappa shape index (κ3) is 3.97. The van der Waals surface area contributed by atoms with Crippen molar-refractivity contribution in [2.75, 3.05) is 19.7 Å². The molecule has 5 heteroatoms. The largest absolute Gasteiger partial charge is 0.376 e. The summed E-state index contributed by atoms with van der Waals surface area (Å²) in [5.41, 5.74) is 0.967. The van der Waals surface area contributed by atoms with Crippen LogP contribution in [0, 0.1) is 5.92 Å². The molecule has 1 aromatic heterocycles. The van der Waals surface area contributed by atoms with Gasteiger partial charge in [-0.2, -0.15) is 5.10 Å². The second kappa shape index (κ2) is 7.09. The fourth-order valence-electron chi connectivity index (χ4n) is 2.84. The van der Waals surface area contributed by atoms with E-state index in [-0.39, 0.29) is 12.0 Å². The van der Waals surface area contributed by atoms with Crippen molar-refractivity contribution in [3.05, 3.63) is 24.0 Å². The van der Waals surface area contributed by atoms with E-state index in [1.165, 1.54) is 12.8 Å². The molecule has 2 aliphatic rings. The van der Waals surface area contributed by atoms with Crippen LogP contribution in [0.15, 0.2) is 18.3 Å². The molecule has 1 aliphatic carbocycles. The van der Waals surface area contributed by atoms with Crippen LogP contribution in [0.25, 0.3) is 6.08 Å². The number of aromatic nitrogens is 2. The number of hydrogen-bond acceptors (Lipinski definition) is 3. The molecule has 1 saturated carbocycles. The quantitative estimate of drug-likeness (QED) is 0.758. The Kier molecular flexibility index (Phi) is 4.93. The topological polar surface area (TPSA) is 47.4 Å². The second-order valence-corrected chi connectivity index (χ2v) is 6.23. The number of aryl methyl sites for hydroxylation is 1. The van der Waals surface area contributed by atoms with E-state index in [1.54, 1.807) is 12.3 Å². The lowest BCUT2D eigenvalue weighted by atomic mass is 10.1. The van der Waals surface area contributed by atoms with Gasteiger partial charge in [0.1, 0.15) is 0 Å². The van der Waals surface area contributed by atoms with Crippen molar-refractivity contribution in [3.63, 3.8) is 0 Å². The molecule has 1 unspecified atom stereocenters. The van der Waals surface area contributed by atoms with Gasteiger partial charge in [-0.25, -0.2) is 0 Å². The molecule has 5 nitrogen and oxygen atoms in total. The molecule has 1 atom stereocenters. The number of rotatable bonds is 6. The molecule has 0 spiro atoms. The van der Waals surface area contributed by atoms with Gasteiger partial charge in [-0.3, -0.25) is 9.48 Å². The summed E-state index contributed by atoms with van der Waals surface area (Å²) in [7, 11) is 0. The van der Waals surface area contributed by atoms with Crippen molar-refractivity contribution in [2.24, 2.45) is 5.92 Å². The molecule has 1 aliphatic heterocycles. The first-order valence-electron chi connectivity index (χ1n) is 8.36. The average Bonchev–Trinajstić information content (AvgIpc) is 3.27. The molecule has 1 saturated heterocycles. The Morgan fingerprint density at radius 1 is 1.45 bits per heavy atom. The Morgan fingerprint density at radius 3 is 3.09 bits per heavy atom. The zero-order valence-corrected chi connectivity index (χ0v) is 13.3. The summed E-state index contributed by atoms with van der Waals surface area (Å²) in [4.78, 5) is 14.2. The van der Waals surface area contributed by atoms with Crippen LogP contribution in [0.1, 0.15) is 38.3 Å². The highest BCUT2D eigenvalue weighted by atomic mass is 16.5. The number of carbonyl (C=O) groups is 1. The fraction of sp³-hybridized carbons (Fsp3) is 0.647. The highest BCUT2D eigenvalue weighted by Gasteiger charge is 2.26. The van der Waals surface area contributed by atoms with Gasteiger partial charge in [0.05, 0.1) is 11.8 Å². The molecular formula is C17H25N3O2. The minimum Gasteiger partial charge on any atom is -0.376 e. The van der Waals surface area contributed by atoms with Crippen LogP contribution < -0.4 is 0 Å². The van der Waals surface area contributed by atoms with E-state index >= 15 is 0 Å². The lowest BCUT2D eigenvalue weighted by molar-refractivity contribution is -0.130. The number of likely N-dealkylation sites (tertiary alicyclic amines) is 1. The third-order valence-corrected chi connectivity index (χ3v) is 4.40. The predicted molar refractivity (Wildman–Crippen MR) is 85.2 cm³/mol. The van der Waals surface area contributed by atoms with E-state index in [0.717, 1.165) is 50.7 Å². The molecular weight excluding hydrogens is 278 g/mol. The monoisotopic (exact) mass is 303 g/mol. The van der Waals surface area contributed by atoms with Gasteiger partial charge in [0.2, 0.25) is 5.91 Å². The van der Waals surface area contributed by atoms with Gasteiger partial charge in [0.25, 0.3) is 0 Å². The smallest absolute Gasteiger partial charge is 0.246 e. The molecule has 2 fully saturated rings. The number of nitrogens with zero attached hydrogens (tertiary/aromatic N) is 3. The first-order valence-corrected chi connectivity index (χ1v) is 8.36. The molecule has 0 bridgehead atoms. The number of amides is 1. The molecule has 1 amide bonds. The van der Waals surface area contributed by atoms with E-state index in [9.17, 15) is 4.79 Å². The van der Waals surface area contributed by atoms with Crippen LogP contribution in [0.2, 0.25) is 0 Å². The summed E-state index contributed by atoms with van der Waals surface area (Å²) in [6.45, 7) is 5.28. The maximum absolute atomic E-state index is 12.3. The predicted octanol–water partition coefficient (Wildman–Crippen LogP) is 2.33. The van der Waals surface area contributed by atoms with E-state index in [1.807, 2.05) is 28.6 Å². The average molecular weight is 303 g/mol. The lowest BCUT2D eigenvalue weighted by Crippen LogP contribution is -2.42. The van der Waals surface area contributed by atoms with E-state index < -0.39 is 0 Å². The van der Waals surface area contributed by atoms with Gasteiger partial charge in [0, 0.05) is 38.5 Å². The van der Waals surface area contributed by atoms with Gasteiger partial charge in [-0.05, 0) is 50.7 Å². The van der Waals surface area contributed by atoms with Gasteiger partial charge >= 0.3 is 0 Å². The minimum absolute atomic E-state index is 0.0728. The first-order chi connectivity index (χ1) is 10.8.